The van der Waals surface area contributed by atoms with Crippen LogP contribution in [0, 0.1) is 11.8 Å². The van der Waals surface area contributed by atoms with E-state index in [-0.39, 0.29) is 30.2 Å². The monoisotopic (exact) mass is 533 g/mol. The van der Waals surface area contributed by atoms with Crippen LogP contribution in [0.2, 0.25) is 0 Å². The Morgan fingerprint density at radius 3 is 2.32 bits per heavy atom. The standard InChI is InChI=1S/C26H39N5O5S/c1-17(27-2)24(32)29-22(18-10-6-4-7-11-18)26(34)30-15-14-21-23(30)20(16-31(21)37(3,35)36)25(33)28-19-12-8-5-9-13-19/h5,8-9,12-13,17-18,20-23,27H,4,6-7,10-11,14-16H2,1-3H3,(H,28,33)(H,29,32). The van der Waals surface area contributed by atoms with Gasteiger partial charge in [0.25, 0.3) is 0 Å². The summed E-state index contributed by atoms with van der Waals surface area (Å²) in [5, 5.41) is 8.82. The number of nitrogens with one attached hydrogen (secondary N) is 3. The topological polar surface area (TPSA) is 128 Å². The average molecular weight is 534 g/mol. The van der Waals surface area contributed by atoms with Gasteiger partial charge in [-0.05, 0) is 51.3 Å². The van der Waals surface area contributed by atoms with Crippen molar-refractivity contribution < 1.29 is 22.8 Å². The summed E-state index contributed by atoms with van der Waals surface area (Å²) in [7, 11) is -1.89. The van der Waals surface area contributed by atoms with Gasteiger partial charge in [-0.1, -0.05) is 37.5 Å². The fourth-order valence-electron chi connectivity index (χ4n) is 6.11. The molecule has 1 saturated carbocycles. The second-order valence-electron chi connectivity index (χ2n) is 10.6. The molecule has 1 aliphatic carbocycles. The van der Waals surface area contributed by atoms with Crippen molar-refractivity contribution in [2.24, 2.45) is 11.8 Å². The van der Waals surface area contributed by atoms with Gasteiger partial charge in [0, 0.05) is 24.8 Å². The number of benzene rings is 1. The number of para-hydroxylation sites is 1. The zero-order valence-electron chi connectivity index (χ0n) is 21.9. The van der Waals surface area contributed by atoms with Gasteiger partial charge in [-0.2, -0.15) is 4.31 Å². The Kier molecular flexibility index (Phi) is 8.55. The van der Waals surface area contributed by atoms with Gasteiger partial charge < -0.3 is 20.9 Å². The van der Waals surface area contributed by atoms with E-state index in [1.165, 1.54) is 4.31 Å². The molecule has 11 heteroatoms. The minimum absolute atomic E-state index is 0.0114. The molecule has 2 heterocycles. The number of sulfonamides is 1. The maximum absolute atomic E-state index is 14.1. The Balaban J connectivity index is 1.62. The molecule has 5 atom stereocenters. The first-order valence-electron chi connectivity index (χ1n) is 13.2. The Bertz CT molecular complexity index is 1090. The van der Waals surface area contributed by atoms with Gasteiger partial charge in [0.15, 0.2) is 0 Å². The number of nitrogens with zero attached hydrogens (tertiary/aromatic N) is 2. The number of carbonyl (C=O) groups excluding carboxylic acids is 3. The molecule has 1 aromatic rings. The normalized spacial score (nSPS) is 26.4. The molecule has 3 N–H and O–H groups in total. The van der Waals surface area contributed by atoms with E-state index >= 15 is 0 Å². The molecular formula is C26H39N5O5S. The molecular weight excluding hydrogens is 494 g/mol. The second-order valence-corrected chi connectivity index (χ2v) is 12.5. The van der Waals surface area contributed by atoms with E-state index < -0.39 is 40.1 Å². The van der Waals surface area contributed by atoms with E-state index in [2.05, 4.69) is 16.0 Å². The highest BCUT2D eigenvalue weighted by atomic mass is 32.2. The Morgan fingerprint density at radius 2 is 1.70 bits per heavy atom. The largest absolute Gasteiger partial charge is 0.343 e. The van der Waals surface area contributed by atoms with Crippen molar-refractivity contribution in [2.45, 2.75) is 69.6 Å². The molecule has 5 unspecified atom stereocenters. The van der Waals surface area contributed by atoms with E-state index in [1.807, 2.05) is 18.2 Å². The zero-order valence-corrected chi connectivity index (χ0v) is 22.7. The third kappa shape index (κ3) is 5.99. The maximum atomic E-state index is 14.1. The van der Waals surface area contributed by atoms with Crippen LogP contribution in [0.1, 0.15) is 45.4 Å². The van der Waals surface area contributed by atoms with Gasteiger partial charge in [0.1, 0.15) is 6.04 Å². The lowest BCUT2D eigenvalue weighted by Gasteiger charge is -2.36. The van der Waals surface area contributed by atoms with Crippen molar-refractivity contribution in [3.05, 3.63) is 30.3 Å². The zero-order chi connectivity index (χ0) is 26.7. The molecule has 2 saturated heterocycles. The minimum atomic E-state index is -3.58. The molecule has 0 bridgehead atoms. The fourth-order valence-corrected chi connectivity index (χ4v) is 7.26. The summed E-state index contributed by atoms with van der Waals surface area (Å²) in [4.78, 5) is 42.0. The van der Waals surface area contributed by atoms with Gasteiger partial charge >= 0.3 is 0 Å². The molecule has 3 amide bonds. The van der Waals surface area contributed by atoms with Crippen LogP contribution in [0.3, 0.4) is 0 Å². The van der Waals surface area contributed by atoms with Crippen LogP contribution in [0.4, 0.5) is 5.69 Å². The fraction of sp³-hybridized carbons (Fsp3) is 0.654. The van der Waals surface area contributed by atoms with Gasteiger partial charge in [0.05, 0.1) is 24.3 Å². The summed E-state index contributed by atoms with van der Waals surface area (Å²) in [6, 6.07) is 6.80. The third-order valence-electron chi connectivity index (χ3n) is 8.18. The first-order chi connectivity index (χ1) is 17.6. The van der Waals surface area contributed by atoms with Gasteiger partial charge in [-0.15, -0.1) is 0 Å². The Labute approximate surface area is 219 Å². The van der Waals surface area contributed by atoms with Crippen LogP contribution in [-0.2, 0) is 24.4 Å². The number of likely N-dealkylation sites (N-methyl/N-ethyl adjacent to an activating group) is 1. The van der Waals surface area contributed by atoms with Crippen molar-refractivity contribution >= 4 is 33.4 Å². The van der Waals surface area contributed by atoms with E-state index in [4.69, 9.17) is 0 Å². The summed E-state index contributed by atoms with van der Waals surface area (Å²) < 4.78 is 26.7. The number of likely N-dealkylation sites (tertiary alicyclic amines) is 1. The Hall–Kier alpha value is -2.50. The molecule has 2 aliphatic heterocycles. The van der Waals surface area contributed by atoms with Gasteiger partial charge in [0.2, 0.25) is 27.7 Å². The van der Waals surface area contributed by atoms with Crippen LogP contribution >= 0.6 is 0 Å². The molecule has 0 aromatic heterocycles. The van der Waals surface area contributed by atoms with Crippen molar-refractivity contribution in [1.29, 1.82) is 0 Å². The number of fused-ring (bicyclic) bond motifs is 1. The highest BCUT2D eigenvalue weighted by Gasteiger charge is 2.56. The number of hydrogen-bond acceptors (Lipinski definition) is 6. The lowest BCUT2D eigenvalue weighted by Crippen LogP contribution is -2.58. The number of amides is 3. The second kappa shape index (κ2) is 11.5. The van der Waals surface area contributed by atoms with Crippen molar-refractivity contribution in [1.82, 2.24) is 19.8 Å². The van der Waals surface area contributed by atoms with E-state index in [1.54, 1.807) is 31.0 Å². The summed E-state index contributed by atoms with van der Waals surface area (Å²) in [6.07, 6.45) is 6.41. The summed E-state index contributed by atoms with van der Waals surface area (Å²) in [5.41, 5.74) is 0.617. The lowest BCUT2D eigenvalue weighted by atomic mass is 9.83. The molecule has 1 aromatic carbocycles. The summed E-state index contributed by atoms with van der Waals surface area (Å²) in [6.45, 7) is 2.11. The molecule has 37 heavy (non-hydrogen) atoms. The predicted octanol–water partition coefficient (Wildman–Crippen LogP) is 1.16. The molecule has 4 rings (SSSR count). The maximum Gasteiger partial charge on any atom is 0.245 e. The number of hydrogen-bond donors (Lipinski definition) is 3. The van der Waals surface area contributed by atoms with Gasteiger partial charge in [-0.3, -0.25) is 14.4 Å². The molecule has 0 spiro atoms. The van der Waals surface area contributed by atoms with Crippen LogP contribution in [-0.4, -0.2) is 85.9 Å². The molecule has 0 radical (unpaired) electrons. The first kappa shape index (κ1) is 27.5. The number of rotatable bonds is 8. The quantitative estimate of drug-likeness (QED) is 0.460. The van der Waals surface area contributed by atoms with Crippen LogP contribution < -0.4 is 16.0 Å². The molecule has 10 nitrogen and oxygen atoms in total. The van der Waals surface area contributed by atoms with Crippen molar-refractivity contribution in [3.63, 3.8) is 0 Å². The predicted molar refractivity (Wildman–Crippen MR) is 141 cm³/mol. The van der Waals surface area contributed by atoms with E-state index in [0.717, 1.165) is 38.4 Å². The third-order valence-corrected chi connectivity index (χ3v) is 9.45. The van der Waals surface area contributed by atoms with Crippen LogP contribution in [0.5, 0.6) is 0 Å². The minimum Gasteiger partial charge on any atom is -0.343 e. The highest BCUT2D eigenvalue weighted by molar-refractivity contribution is 7.88. The summed E-state index contributed by atoms with van der Waals surface area (Å²) in [5.74, 6) is -1.48. The van der Waals surface area contributed by atoms with E-state index in [0.29, 0.717) is 18.7 Å². The molecule has 3 fully saturated rings. The average Bonchev–Trinajstić information content (AvgIpc) is 3.48. The van der Waals surface area contributed by atoms with Crippen molar-refractivity contribution in [3.8, 4) is 0 Å². The number of carbonyl (C=O) groups is 3. The van der Waals surface area contributed by atoms with Crippen molar-refractivity contribution in [2.75, 3.05) is 31.7 Å². The summed E-state index contributed by atoms with van der Waals surface area (Å²) >= 11 is 0. The van der Waals surface area contributed by atoms with Gasteiger partial charge in [-0.25, -0.2) is 8.42 Å². The van der Waals surface area contributed by atoms with Crippen LogP contribution in [0.25, 0.3) is 0 Å². The Morgan fingerprint density at radius 1 is 1.03 bits per heavy atom. The molecule has 204 valence electrons. The lowest BCUT2D eigenvalue weighted by molar-refractivity contribution is -0.140. The molecule has 3 aliphatic rings. The highest BCUT2D eigenvalue weighted by Crippen LogP contribution is 2.39. The smallest absolute Gasteiger partial charge is 0.245 e. The first-order valence-corrected chi connectivity index (χ1v) is 15.1. The van der Waals surface area contributed by atoms with Crippen LogP contribution in [0.15, 0.2) is 30.3 Å². The van der Waals surface area contributed by atoms with E-state index in [9.17, 15) is 22.8 Å². The SMILES string of the molecule is CNC(C)C(=O)NC(C(=O)N1CCC2C1C(C(=O)Nc1ccccc1)CN2S(C)(=O)=O)C1CCCCC1. The number of anilines is 1.